The number of unbranched alkanes of at least 4 members (excludes halogenated alkanes) is 1. The minimum atomic E-state index is -0.106. The van der Waals surface area contributed by atoms with E-state index >= 15 is 0 Å². The zero-order valence-corrected chi connectivity index (χ0v) is 15.6. The topological polar surface area (TPSA) is 85.7 Å². The Morgan fingerprint density at radius 1 is 1.33 bits per heavy atom. The fourth-order valence-electron chi connectivity index (χ4n) is 3.09. The first-order valence-electron chi connectivity index (χ1n) is 9.08. The lowest BCUT2D eigenvalue weighted by Gasteiger charge is -2.35. The minimum absolute atomic E-state index is 0.0714. The van der Waals surface area contributed by atoms with Crippen LogP contribution in [0.15, 0.2) is 24.3 Å². The van der Waals surface area contributed by atoms with Gasteiger partial charge in [0, 0.05) is 12.0 Å². The molecular formula is C20H23N5O2. The number of benzene rings is 1. The Morgan fingerprint density at radius 3 is 2.74 bits per heavy atom. The zero-order chi connectivity index (χ0) is 19.4. The summed E-state index contributed by atoms with van der Waals surface area (Å²) in [6.07, 6.45) is 2.15. The molecule has 3 rings (SSSR count). The first-order valence-corrected chi connectivity index (χ1v) is 9.08. The Bertz CT molecular complexity index is 873. The van der Waals surface area contributed by atoms with E-state index in [-0.39, 0.29) is 30.8 Å². The van der Waals surface area contributed by atoms with Gasteiger partial charge in [0.05, 0.1) is 25.8 Å². The van der Waals surface area contributed by atoms with Crippen LogP contribution in [-0.4, -0.2) is 28.9 Å². The maximum atomic E-state index is 12.3. The molecule has 140 valence electrons. The van der Waals surface area contributed by atoms with Crippen molar-refractivity contribution in [3.63, 3.8) is 0 Å². The SMILES string of the molecule is [C-]#[N+]c1ccc(C(C)N2CC(=O)Cc3c(N)nc(OCCCC)nc32)cc1. The summed E-state index contributed by atoms with van der Waals surface area (Å²) in [6.45, 7) is 12.0. The molecule has 0 radical (unpaired) electrons. The molecule has 1 atom stereocenters. The van der Waals surface area contributed by atoms with E-state index in [2.05, 4.69) is 21.7 Å². The number of ether oxygens (including phenoxy) is 1. The van der Waals surface area contributed by atoms with Gasteiger partial charge >= 0.3 is 6.01 Å². The van der Waals surface area contributed by atoms with Crippen LogP contribution in [0.5, 0.6) is 6.01 Å². The molecular weight excluding hydrogens is 342 g/mol. The summed E-state index contributed by atoms with van der Waals surface area (Å²) in [5, 5.41) is 0. The van der Waals surface area contributed by atoms with E-state index in [9.17, 15) is 4.79 Å². The van der Waals surface area contributed by atoms with Gasteiger partial charge in [-0.3, -0.25) is 4.79 Å². The van der Waals surface area contributed by atoms with E-state index in [1.54, 1.807) is 12.1 Å². The van der Waals surface area contributed by atoms with Crippen LogP contribution in [-0.2, 0) is 11.2 Å². The zero-order valence-electron chi connectivity index (χ0n) is 15.6. The van der Waals surface area contributed by atoms with Gasteiger partial charge in [-0.1, -0.05) is 37.6 Å². The highest BCUT2D eigenvalue weighted by atomic mass is 16.5. The lowest BCUT2D eigenvalue weighted by atomic mass is 10.00. The van der Waals surface area contributed by atoms with Crippen molar-refractivity contribution in [1.29, 1.82) is 0 Å². The largest absolute Gasteiger partial charge is 0.463 e. The lowest BCUT2D eigenvalue weighted by Crippen LogP contribution is -2.39. The van der Waals surface area contributed by atoms with Crippen molar-refractivity contribution in [3.05, 3.63) is 46.8 Å². The van der Waals surface area contributed by atoms with Gasteiger partial charge in [0.2, 0.25) is 0 Å². The van der Waals surface area contributed by atoms with Crippen molar-refractivity contribution in [3.8, 4) is 6.01 Å². The molecule has 1 aliphatic rings. The second kappa shape index (κ2) is 8.04. The monoisotopic (exact) mass is 365 g/mol. The van der Waals surface area contributed by atoms with Crippen molar-refractivity contribution >= 4 is 23.1 Å². The van der Waals surface area contributed by atoms with Crippen LogP contribution in [0.4, 0.5) is 17.3 Å². The average Bonchev–Trinajstić information content (AvgIpc) is 2.68. The molecule has 0 bridgehead atoms. The van der Waals surface area contributed by atoms with Crippen LogP contribution >= 0.6 is 0 Å². The summed E-state index contributed by atoms with van der Waals surface area (Å²) in [7, 11) is 0. The summed E-state index contributed by atoms with van der Waals surface area (Å²) < 4.78 is 5.64. The standard InChI is InChI=1S/C20H23N5O2/c1-4-5-10-27-20-23-18(21)17-11-16(26)12-25(19(17)24-20)13(2)14-6-8-15(22-3)9-7-14/h6-9,13H,4-5,10-12H2,1-2H3,(H2,21,23,24). The van der Waals surface area contributed by atoms with Crippen molar-refractivity contribution in [1.82, 2.24) is 9.97 Å². The maximum absolute atomic E-state index is 12.3. The third kappa shape index (κ3) is 4.00. The Balaban J connectivity index is 1.94. The van der Waals surface area contributed by atoms with Crippen molar-refractivity contribution in [2.45, 2.75) is 39.2 Å². The predicted molar refractivity (Wildman–Crippen MR) is 104 cm³/mol. The van der Waals surface area contributed by atoms with Crippen LogP contribution in [0.1, 0.15) is 43.9 Å². The van der Waals surface area contributed by atoms with E-state index < -0.39 is 0 Å². The van der Waals surface area contributed by atoms with Crippen LogP contribution in [0, 0.1) is 6.57 Å². The number of carbonyl (C=O) groups excluding carboxylic acids is 1. The maximum Gasteiger partial charge on any atom is 0.320 e. The van der Waals surface area contributed by atoms with Crippen molar-refractivity contribution in [2.75, 3.05) is 23.8 Å². The van der Waals surface area contributed by atoms with Crippen molar-refractivity contribution in [2.24, 2.45) is 0 Å². The summed E-state index contributed by atoms with van der Waals surface area (Å²) in [4.78, 5) is 26.4. The van der Waals surface area contributed by atoms with Gasteiger partial charge in [-0.15, -0.1) is 0 Å². The molecule has 0 aliphatic carbocycles. The van der Waals surface area contributed by atoms with Gasteiger partial charge in [-0.2, -0.15) is 9.97 Å². The van der Waals surface area contributed by atoms with Crippen molar-refractivity contribution < 1.29 is 9.53 Å². The number of aromatic nitrogens is 2. The Kier molecular flexibility index (Phi) is 5.55. The normalized spacial score (nSPS) is 14.4. The second-order valence-corrected chi connectivity index (χ2v) is 6.62. The van der Waals surface area contributed by atoms with E-state index in [4.69, 9.17) is 17.0 Å². The number of ketones is 1. The number of Topliss-reactive ketones (excluding diaryl/α,β-unsaturated/α-hetero) is 1. The van der Waals surface area contributed by atoms with E-state index in [1.807, 2.05) is 24.0 Å². The molecule has 1 unspecified atom stereocenters. The molecule has 7 nitrogen and oxygen atoms in total. The molecule has 0 saturated heterocycles. The van der Waals surface area contributed by atoms with E-state index in [0.29, 0.717) is 29.5 Å². The second-order valence-electron chi connectivity index (χ2n) is 6.62. The third-order valence-corrected chi connectivity index (χ3v) is 4.69. The average molecular weight is 365 g/mol. The lowest BCUT2D eigenvalue weighted by molar-refractivity contribution is -0.117. The highest BCUT2D eigenvalue weighted by molar-refractivity contribution is 5.91. The highest BCUT2D eigenvalue weighted by Gasteiger charge is 2.31. The highest BCUT2D eigenvalue weighted by Crippen LogP contribution is 2.35. The van der Waals surface area contributed by atoms with Gasteiger partial charge in [0.15, 0.2) is 11.5 Å². The predicted octanol–water partition coefficient (Wildman–Crippen LogP) is 3.48. The molecule has 1 aromatic carbocycles. The summed E-state index contributed by atoms with van der Waals surface area (Å²) in [5.74, 6) is 1.01. The van der Waals surface area contributed by atoms with Crippen LogP contribution in [0.25, 0.3) is 4.85 Å². The molecule has 0 fully saturated rings. The van der Waals surface area contributed by atoms with Gasteiger partial charge in [-0.25, -0.2) is 4.85 Å². The van der Waals surface area contributed by atoms with Crippen LogP contribution in [0.2, 0.25) is 0 Å². The smallest absolute Gasteiger partial charge is 0.320 e. The fraction of sp³-hybridized carbons (Fsp3) is 0.400. The number of nitrogen functional groups attached to an aromatic ring is 1. The summed E-state index contributed by atoms with van der Waals surface area (Å²) in [6, 6.07) is 7.50. The first kappa shape index (κ1) is 18.6. The molecule has 0 saturated carbocycles. The summed E-state index contributed by atoms with van der Waals surface area (Å²) in [5.41, 5.74) is 8.33. The quantitative estimate of drug-likeness (QED) is 0.623. The molecule has 27 heavy (non-hydrogen) atoms. The molecule has 2 aromatic rings. The van der Waals surface area contributed by atoms with Gasteiger partial charge in [0.1, 0.15) is 11.6 Å². The number of fused-ring (bicyclic) bond motifs is 1. The number of nitrogens with two attached hydrogens (primary N) is 1. The third-order valence-electron chi connectivity index (χ3n) is 4.69. The number of hydrogen-bond donors (Lipinski definition) is 1. The molecule has 7 heteroatoms. The molecule has 0 spiro atoms. The Morgan fingerprint density at radius 2 is 2.07 bits per heavy atom. The van der Waals surface area contributed by atoms with Gasteiger partial charge in [-0.05, 0) is 18.9 Å². The number of anilines is 2. The van der Waals surface area contributed by atoms with Gasteiger partial charge < -0.3 is 15.4 Å². The molecule has 1 aromatic heterocycles. The van der Waals surface area contributed by atoms with Crippen LogP contribution < -0.4 is 15.4 Å². The first-order chi connectivity index (χ1) is 13.0. The van der Waals surface area contributed by atoms with E-state index in [1.165, 1.54) is 0 Å². The van der Waals surface area contributed by atoms with Gasteiger partial charge in [0.25, 0.3) is 0 Å². The Labute approximate surface area is 159 Å². The van der Waals surface area contributed by atoms with E-state index in [0.717, 1.165) is 18.4 Å². The molecule has 1 aliphatic heterocycles. The molecule has 0 amide bonds. The number of nitrogens with zero attached hydrogens (tertiary/aromatic N) is 4. The van der Waals surface area contributed by atoms with Crippen LogP contribution in [0.3, 0.4) is 0 Å². The summed E-state index contributed by atoms with van der Waals surface area (Å²) >= 11 is 0. The number of rotatable bonds is 6. The number of carbonyl (C=O) groups is 1. The minimum Gasteiger partial charge on any atom is -0.463 e. The molecule has 2 N–H and O–H groups in total. The fourth-order valence-corrected chi connectivity index (χ4v) is 3.09. The Hall–Kier alpha value is -3.14. The number of hydrogen-bond acceptors (Lipinski definition) is 6. The molecule has 2 heterocycles.